The standard InChI is InChI=1S/C15H26N2O2/c1-4-8-12-14(19)17(11(2)13(18)16-12)15(3)9-6-5-7-10-15/h11-12H,4-10H2,1-3H3,(H,16,18). The Hall–Kier alpha value is -1.06. The lowest BCUT2D eigenvalue weighted by Crippen LogP contribution is -2.68. The molecule has 1 aliphatic carbocycles. The molecule has 1 aliphatic heterocycles. The highest BCUT2D eigenvalue weighted by atomic mass is 16.2. The van der Waals surface area contributed by atoms with Crippen LogP contribution in [0.15, 0.2) is 0 Å². The predicted molar refractivity (Wildman–Crippen MR) is 74.6 cm³/mol. The van der Waals surface area contributed by atoms with Crippen molar-refractivity contribution in [2.45, 2.75) is 83.3 Å². The van der Waals surface area contributed by atoms with E-state index in [9.17, 15) is 9.59 Å². The Morgan fingerprint density at radius 3 is 2.47 bits per heavy atom. The van der Waals surface area contributed by atoms with Crippen LogP contribution in [0.3, 0.4) is 0 Å². The van der Waals surface area contributed by atoms with E-state index in [1.807, 2.05) is 18.7 Å². The minimum absolute atomic E-state index is 0.00449. The van der Waals surface area contributed by atoms with E-state index in [0.717, 1.165) is 38.5 Å². The smallest absolute Gasteiger partial charge is 0.246 e. The molecule has 2 unspecified atom stereocenters. The highest BCUT2D eigenvalue weighted by Gasteiger charge is 2.46. The Labute approximate surface area is 115 Å². The van der Waals surface area contributed by atoms with Gasteiger partial charge < -0.3 is 10.2 Å². The summed E-state index contributed by atoms with van der Waals surface area (Å²) in [5.74, 6) is 0.128. The first kappa shape index (κ1) is 14.4. The average molecular weight is 266 g/mol. The van der Waals surface area contributed by atoms with Crippen molar-refractivity contribution in [2.75, 3.05) is 0 Å². The minimum Gasteiger partial charge on any atom is -0.343 e. The maximum Gasteiger partial charge on any atom is 0.246 e. The van der Waals surface area contributed by atoms with Crippen molar-refractivity contribution in [3.8, 4) is 0 Å². The molecule has 2 atom stereocenters. The molecule has 2 fully saturated rings. The van der Waals surface area contributed by atoms with Crippen molar-refractivity contribution in [3.05, 3.63) is 0 Å². The molecule has 1 N–H and O–H groups in total. The minimum atomic E-state index is -0.330. The van der Waals surface area contributed by atoms with Crippen molar-refractivity contribution >= 4 is 11.8 Å². The van der Waals surface area contributed by atoms with Gasteiger partial charge in [-0.05, 0) is 33.1 Å². The van der Waals surface area contributed by atoms with Crippen LogP contribution in [0.25, 0.3) is 0 Å². The van der Waals surface area contributed by atoms with Gasteiger partial charge >= 0.3 is 0 Å². The van der Waals surface area contributed by atoms with Crippen LogP contribution < -0.4 is 5.32 Å². The molecular formula is C15H26N2O2. The summed E-state index contributed by atoms with van der Waals surface area (Å²) in [6.07, 6.45) is 7.26. The third kappa shape index (κ3) is 2.63. The Morgan fingerprint density at radius 1 is 1.26 bits per heavy atom. The molecule has 0 aromatic heterocycles. The van der Waals surface area contributed by atoms with Crippen molar-refractivity contribution in [2.24, 2.45) is 0 Å². The molecule has 2 amide bonds. The number of amides is 2. The second-order valence-electron chi connectivity index (χ2n) is 6.29. The molecule has 0 radical (unpaired) electrons. The lowest BCUT2D eigenvalue weighted by atomic mass is 9.80. The van der Waals surface area contributed by atoms with Gasteiger partial charge in [0.25, 0.3) is 0 Å². The molecule has 4 heteroatoms. The lowest BCUT2D eigenvalue weighted by Gasteiger charge is -2.50. The van der Waals surface area contributed by atoms with Crippen molar-refractivity contribution < 1.29 is 9.59 Å². The van der Waals surface area contributed by atoms with Gasteiger partial charge in [0, 0.05) is 5.54 Å². The van der Waals surface area contributed by atoms with Gasteiger partial charge in [0.15, 0.2) is 0 Å². The fourth-order valence-corrected chi connectivity index (χ4v) is 3.60. The molecule has 2 rings (SSSR count). The SMILES string of the molecule is CCCC1NC(=O)C(C)N(C2(C)CCCCC2)C1=O. The van der Waals surface area contributed by atoms with Crippen LogP contribution in [0.4, 0.5) is 0 Å². The molecule has 2 aliphatic rings. The van der Waals surface area contributed by atoms with Gasteiger partial charge in [-0.15, -0.1) is 0 Å². The zero-order valence-electron chi connectivity index (χ0n) is 12.4. The zero-order chi connectivity index (χ0) is 14.0. The van der Waals surface area contributed by atoms with Crippen LogP contribution in [-0.4, -0.2) is 34.3 Å². The van der Waals surface area contributed by atoms with Gasteiger partial charge in [-0.2, -0.15) is 0 Å². The van der Waals surface area contributed by atoms with E-state index < -0.39 is 0 Å². The van der Waals surface area contributed by atoms with E-state index in [-0.39, 0.29) is 29.4 Å². The van der Waals surface area contributed by atoms with Crippen LogP contribution in [0.5, 0.6) is 0 Å². The largest absolute Gasteiger partial charge is 0.343 e. The van der Waals surface area contributed by atoms with E-state index in [4.69, 9.17) is 0 Å². The summed E-state index contributed by atoms with van der Waals surface area (Å²) in [5.41, 5.74) is -0.126. The molecule has 1 heterocycles. The number of nitrogens with one attached hydrogen (secondary N) is 1. The summed E-state index contributed by atoms with van der Waals surface area (Å²) in [4.78, 5) is 26.7. The summed E-state index contributed by atoms with van der Waals surface area (Å²) < 4.78 is 0. The van der Waals surface area contributed by atoms with Gasteiger partial charge in [0.05, 0.1) is 0 Å². The first-order chi connectivity index (χ1) is 8.99. The number of hydrogen-bond donors (Lipinski definition) is 1. The van der Waals surface area contributed by atoms with Crippen molar-refractivity contribution in [1.29, 1.82) is 0 Å². The highest BCUT2D eigenvalue weighted by molar-refractivity contribution is 5.97. The molecule has 19 heavy (non-hydrogen) atoms. The summed E-state index contributed by atoms with van der Waals surface area (Å²) in [5, 5.41) is 2.87. The summed E-state index contributed by atoms with van der Waals surface area (Å²) in [7, 11) is 0. The summed E-state index contributed by atoms with van der Waals surface area (Å²) in [6, 6.07) is -0.642. The maximum atomic E-state index is 12.7. The Morgan fingerprint density at radius 2 is 1.89 bits per heavy atom. The van der Waals surface area contributed by atoms with Crippen LogP contribution >= 0.6 is 0 Å². The van der Waals surface area contributed by atoms with Crippen molar-refractivity contribution in [3.63, 3.8) is 0 Å². The molecule has 0 bridgehead atoms. The number of piperazine rings is 1. The molecule has 108 valence electrons. The van der Waals surface area contributed by atoms with Crippen molar-refractivity contribution in [1.82, 2.24) is 10.2 Å². The summed E-state index contributed by atoms with van der Waals surface area (Å²) in [6.45, 7) is 6.06. The quantitative estimate of drug-likeness (QED) is 0.851. The van der Waals surface area contributed by atoms with Crippen LogP contribution in [-0.2, 0) is 9.59 Å². The predicted octanol–water partition coefficient (Wildman–Crippen LogP) is 2.22. The van der Waals surface area contributed by atoms with Gasteiger partial charge in [-0.3, -0.25) is 9.59 Å². The molecule has 0 aromatic rings. The first-order valence-electron chi connectivity index (χ1n) is 7.63. The number of nitrogens with zero attached hydrogens (tertiary/aromatic N) is 1. The number of hydrogen-bond acceptors (Lipinski definition) is 2. The Bertz CT molecular complexity index is 361. The van der Waals surface area contributed by atoms with Crippen LogP contribution in [0, 0.1) is 0 Å². The summed E-state index contributed by atoms with van der Waals surface area (Å²) >= 11 is 0. The normalized spacial score (nSPS) is 31.2. The monoisotopic (exact) mass is 266 g/mol. The van der Waals surface area contributed by atoms with E-state index in [1.54, 1.807) is 0 Å². The third-order valence-electron chi connectivity index (χ3n) is 4.71. The second-order valence-corrected chi connectivity index (χ2v) is 6.29. The molecule has 4 nitrogen and oxygen atoms in total. The fraction of sp³-hybridized carbons (Fsp3) is 0.867. The van der Waals surface area contributed by atoms with E-state index >= 15 is 0 Å². The number of carbonyl (C=O) groups excluding carboxylic acids is 2. The van der Waals surface area contributed by atoms with E-state index in [0.29, 0.717) is 0 Å². The number of carbonyl (C=O) groups is 2. The van der Waals surface area contributed by atoms with E-state index in [1.165, 1.54) is 6.42 Å². The molecule has 0 aromatic carbocycles. The highest BCUT2D eigenvalue weighted by Crippen LogP contribution is 2.36. The van der Waals surface area contributed by atoms with Crippen LogP contribution in [0.2, 0.25) is 0 Å². The van der Waals surface area contributed by atoms with E-state index in [2.05, 4.69) is 12.2 Å². The maximum absolute atomic E-state index is 12.7. The van der Waals surface area contributed by atoms with Gasteiger partial charge in [-0.1, -0.05) is 32.6 Å². The van der Waals surface area contributed by atoms with Crippen LogP contribution in [0.1, 0.15) is 65.7 Å². The fourth-order valence-electron chi connectivity index (χ4n) is 3.60. The number of rotatable bonds is 3. The first-order valence-corrected chi connectivity index (χ1v) is 7.63. The van der Waals surface area contributed by atoms with Gasteiger partial charge in [0.2, 0.25) is 11.8 Å². The second kappa shape index (κ2) is 5.51. The Balaban J connectivity index is 2.24. The van der Waals surface area contributed by atoms with Gasteiger partial charge in [-0.25, -0.2) is 0 Å². The molecule has 0 spiro atoms. The Kier molecular flexibility index (Phi) is 4.16. The topological polar surface area (TPSA) is 49.4 Å². The lowest BCUT2D eigenvalue weighted by molar-refractivity contribution is -0.157. The van der Waals surface area contributed by atoms with Gasteiger partial charge in [0.1, 0.15) is 12.1 Å². The molecular weight excluding hydrogens is 240 g/mol. The average Bonchev–Trinajstić information content (AvgIpc) is 2.37. The molecule has 1 saturated carbocycles. The third-order valence-corrected chi connectivity index (χ3v) is 4.71. The zero-order valence-corrected chi connectivity index (χ0v) is 12.4. The molecule has 1 saturated heterocycles.